The Morgan fingerprint density at radius 3 is 2.88 bits per heavy atom. The Balaban J connectivity index is 2.07. The van der Waals surface area contributed by atoms with Gasteiger partial charge in [0.1, 0.15) is 5.75 Å². The van der Waals surface area contributed by atoms with Crippen LogP contribution >= 0.6 is 0 Å². The second kappa shape index (κ2) is 5.30. The Labute approximate surface area is 103 Å². The summed E-state index contributed by atoms with van der Waals surface area (Å²) >= 11 is 0. The first-order valence-corrected chi connectivity index (χ1v) is 6.49. The van der Waals surface area contributed by atoms with E-state index in [1.54, 1.807) is 0 Å². The van der Waals surface area contributed by atoms with Gasteiger partial charge in [0.05, 0.1) is 12.3 Å². The number of hydrogen-bond acceptors (Lipinski definition) is 3. The van der Waals surface area contributed by atoms with E-state index in [1.165, 1.54) is 19.3 Å². The molecule has 0 spiro atoms. The van der Waals surface area contributed by atoms with Crippen LogP contribution in [0.25, 0.3) is 0 Å². The number of benzene rings is 1. The Hall–Kier alpha value is -1.38. The third-order valence-electron chi connectivity index (χ3n) is 3.53. The molecule has 0 amide bonds. The fourth-order valence-electron chi connectivity index (χ4n) is 2.48. The zero-order chi connectivity index (χ0) is 12.3. The number of nitrogens with one attached hydrogen (secondary N) is 1. The molecule has 3 nitrogen and oxygen atoms in total. The quantitative estimate of drug-likeness (QED) is 0.786. The van der Waals surface area contributed by atoms with Gasteiger partial charge in [-0.1, -0.05) is 13.3 Å². The molecule has 1 aromatic rings. The highest BCUT2D eigenvalue weighted by Gasteiger charge is 2.23. The summed E-state index contributed by atoms with van der Waals surface area (Å²) in [4.78, 5) is 0. The molecule has 3 N–H and O–H groups in total. The van der Waals surface area contributed by atoms with Crippen molar-refractivity contribution in [2.45, 2.75) is 39.2 Å². The molecule has 2 rings (SSSR count). The van der Waals surface area contributed by atoms with E-state index in [0.717, 1.165) is 17.4 Å². The Kier molecular flexibility index (Phi) is 3.77. The third-order valence-corrected chi connectivity index (χ3v) is 3.53. The van der Waals surface area contributed by atoms with Gasteiger partial charge in [-0.3, -0.25) is 0 Å². The number of ether oxygens (including phenoxy) is 1. The van der Waals surface area contributed by atoms with Gasteiger partial charge < -0.3 is 15.8 Å². The van der Waals surface area contributed by atoms with Crippen LogP contribution in [0.3, 0.4) is 0 Å². The van der Waals surface area contributed by atoms with Gasteiger partial charge in [-0.15, -0.1) is 0 Å². The second-order valence-corrected chi connectivity index (χ2v) is 4.84. The first-order valence-electron chi connectivity index (χ1n) is 6.49. The third kappa shape index (κ3) is 2.84. The van der Waals surface area contributed by atoms with Crippen molar-refractivity contribution in [2.24, 2.45) is 5.92 Å². The fraction of sp³-hybridized carbons (Fsp3) is 0.571. The van der Waals surface area contributed by atoms with Crippen molar-refractivity contribution < 1.29 is 4.74 Å². The maximum absolute atomic E-state index is 5.86. The van der Waals surface area contributed by atoms with Gasteiger partial charge in [0.25, 0.3) is 0 Å². The molecular weight excluding hydrogens is 212 g/mol. The normalized spacial score (nSPS) is 23.6. The molecular formula is C14H22N2O. The molecule has 1 aliphatic rings. The van der Waals surface area contributed by atoms with E-state index < -0.39 is 0 Å². The summed E-state index contributed by atoms with van der Waals surface area (Å²) in [6.07, 6.45) is 3.91. The summed E-state index contributed by atoms with van der Waals surface area (Å²) in [6, 6.07) is 6.53. The first-order chi connectivity index (χ1) is 8.20. The van der Waals surface area contributed by atoms with Crippen molar-refractivity contribution in [3.63, 3.8) is 0 Å². The van der Waals surface area contributed by atoms with Crippen LogP contribution in [0, 0.1) is 5.92 Å². The highest BCUT2D eigenvalue weighted by Crippen LogP contribution is 2.31. The van der Waals surface area contributed by atoms with Crippen molar-refractivity contribution in [1.82, 2.24) is 0 Å². The molecule has 3 heteroatoms. The van der Waals surface area contributed by atoms with Crippen LogP contribution in [-0.4, -0.2) is 12.6 Å². The number of nitrogens with two attached hydrogens (primary N) is 1. The molecule has 0 bridgehead atoms. The number of hydrogen-bond donors (Lipinski definition) is 2. The highest BCUT2D eigenvalue weighted by atomic mass is 16.5. The Morgan fingerprint density at radius 2 is 2.24 bits per heavy atom. The van der Waals surface area contributed by atoms with E-state index in [9.17, 15) is 0 Å². The molecule has 2 atom stereocenters. The highest BCUT2D eigenvalue weighted by molar-refractivity contribution is 5.61. The lowest BCUT2D eigenvalue weighted by Crippen LogP contribution is -2.21. The summed E-state index contributed by atoms with van der Waals surface area (Å²) < 4.78 is 5.50. The van der Waals surface area contributed by atoms with Gasteiger partial charge in [-0.25, -0.2) is 0 Å². The SMILES string of the molecule is CCOc1cc(NC2CCCC2C)ccc1N. The van der Waals surface area contributed by atoms with E-state index in [4.69, 9.17) is 10.5 Å². The van der Waals surface area contributed by atoms with Crippen LogP contribution in [0.1, 0.15) is 33.1 Å². The topological polar surface area (TPSA) is 47.3 Å². The van der Waals surface area contributed by atoms with Crippen LogP contribution in [0.2, 0.25) is 0 Å². The lowest BCUT2D eigenvalue weighted by Gasteiger charge is -2.19. The van der Waals surface area contributed by atoms with Gasteiger partial charge in [0, 0.05) is 17.8 Å². The second-order valence-electron chi connectivity index (χ2n) is 4.84. The van der Waals surface area contributed by atoms with Crippen LogP contribution in [0.4, 0.5) is 11.4 Å². The molecule has 0 aliphatic heterocycles. The van der Waals surface area contributed by atoms with E-state index in [2.05, 4.69) is 12.2 Å². The molecule has 1 saturated carbocycles. The average molecular weight is 234 g/mol. The summed E-state index contributed by atoms with van der Waals surface area (Å²) in [5, 5.41) is 3.58. The summed E-state index contributed by atoms with van der Waals surface area (Å²) in [7, 11) is 0. The first kappa shape index (κ1) is 12.1. The summed E-state index contributed by atoms with van der Waals surface area (Å²) in [6.45, 7) is 4.93. The molecule has 17 heavy (non-hydrogen) atoms. The minimum Gasteiger partial charge on any atom is -0.492 e. The van der Waals surface area contributed by atoms with Crippen LogP contribution < -0.4 is 15.8 Å². The molecule has 1 aromatic carbocycles. The molecule has 0 saturated heterocycles. The van der Waals surface area contributed by atoms with Crippen molar-refractivity contribution in [2.75, 3.05) is 17.7 Å². The molecule has 0 radical (unpaired) electrons. The zero-order valence-corrected chi connectivity index (χ0v) is 10.7. The maximum atomic E-state index is 5.86. The maximum Gasteiger partial charge on any atom is 0.144 e. The number of nitrogen functional groups attached to an aromatic ring is 1. The Morgan fingerprint density at radius 1 is 1.41 bits per heavy atom. The van der Waals surface area contributed by atoms with Crippen LogP contribution in [-0.2, 0) is 0 Å². The largest absolute Gasteiger partial charge is 0.492 e. The number of anilines is 2. The van der Waals surface area contributed by atoms with E-state index in [-0.39, 0.29) is 0 Å². The van der Waals surface area contributed by atoms with Gasteiger partial charge in [-0.2, -0.15) is 0 Å². The lowest BCUT2D eigenvalue weighted by molar-refractivity contribution is 0.342. The average Bonchev–Trinajstić information content (AvgIpc) is 2.70. The number of rotatable bonds is 4. The van der Waals surface area contributed by atoms with Gasteiger partial charge in [0.15, 0.2) is 0 Å². The zero-order valence-electron chi connectivity index (χ0n) is 10.7. The summed E-state index contributed by atoms with van der Waals surface area (Å²) in [5.41, 5.74) is 7.68. The standard InChI is InChI=1S/C14H22N2O/c1-3-17-14-9-11(7-8-12(14)15)16-13-6-4-5-10(13)2/h7-10,13,16H,3-6,15H2,1-2H3. The van der Waals surface area contributed by atoms with E-state index in [0.29, 0.717) is 18.3 Å². The van der Waals surface area contributed by atoms with Crippen molar-refractivity contribution in [3.8, 4) is 5.75 Å². The van der Waals surface area contributed by atoms with Crippen molar-refractivity contribution in [3.05, 3.63) is 18.2 Å². The molecule has 94 valence electrons. The van der Waals surface area contributed by atoms with E-state index >= 15 is 0 Å². The van der Waals surface area contributed by atoms with Crippen molar-refractivity contribution in [1.29, 1.82) is 0 Å². The molecule has 1 aliphatic carbocycles. The predicted molar refractivity (Wildman–Crippen MR) is 72.4 cm³/mol. The smallest absolute Gasteiger partial charge is 0.144 e. The predicted octanol–water partition coefficient (Wildman–Crippen LogP) is 3.27. The minimum atomic E-state index is 0.591. The van der Waals surface area contributed by atoms with Gasteiger partial charge in [-0.05, 0) is 37.8 Å². The fourth-order valence-corrected chi connectivity index (χ4v) is 2.48. The van der Waals surface area contributed by atoms with Crippen LogP contribution in [0.15, 0.2) is 18.2 Å². The Bertz CT molecular complexity index is 378. The monoisotopic (exact) mass is 234 g/mol. The van der Waals surface area contributed by atoms with Crippen LogP contribution in [0.5, 0.6) is 5.75 Å². The molecule has 1 fully saturated rings. The molecule has 0 heterocycles. The summed E-state index contributed by atoms with van der Waals surface area (Å²) in [5.74, 6) is 1.53. The molecule has 2 unspecified atom stereocenters. The van der Waals surface area contributed by atoms with E-state index in [1.807, 2.05) is 25.1 Å². The molecule has 0 aromatic heterocycles. The van der Waals surface area contributed by atoms with Gasteiger partial charge >= 0.3 is 0 Å². The van der Waals surface area contributed by atoms with Crippen molar-refractivity contribution >= 4 is 11.4 Å². The lowest BCUT2D eigenvalue weighted by atomic mass is 10.1. The minimum absolute atomic E-state index is 0.591. The van der Waals surface area contributed by atoms with Gasteiger partial charge in [0.2, 0.25) is 0 Å².